The van der Waals surface area contributed by atoms with E-state index in [9.17, 15) is 4.79 Å². The summed E-state index contributed by atoms with van der Waals surface area (Å²) in [5, 5.41) is 7.89. The molecule has 2 rings (SSSR count). The minimum atomic E-state index is -0.133. The third kappa shape index (κ3) is 2.10. The Kier molecular flexibility index (Phi) is 2.89. The molecule has 2 amide bonds. The van der Waals surface area contributed by atoms with Crippen molar-refractivity contribution in [1.29, 1.82) is 5.41 Å². The van der Waals surface area contributed by atoms with Gasteiger partial charge in [-0.15, -0.1) is 0 Å². The van der Waals surface area contributed by atoms with E-state index in [-0.39, 0.29) is 11.4 Å². The normalized spacial score (nSPS) is 16.7. The molecule has 0 saturated carbocycles. The Morgan fingerprint density at radius 1 is 1.28 bits per heavy atom. The van der Waals surface area contributed by atoms with Gasteiger partial charge < -0.3 is 4.90 Å². The average molecular weight is 245 g/mol. The van der Waals surface area contributed by atoms with Gasteiger partial charge in [0.1, 0.15) is 5.84 Å². The first-order chi connectivity index (χ1) is 8.30. The van der Waals surface area contributed by atoms with E-state index in [1.54, 1.807) is 11.9 Å². The van der Waals surface area contributed by atoms with Crippen molar-refractivity contribution in [3.05, 3.63) is 29.8 Å². The number of rotatable bonds is 1. The number of amides is 2. The van der Waals surface area contributed by atoms with Crippen LogP contribution in [0, 0.1) is 5.41 Å². The molecule has 4 nitrogen and oxygen atoms in total. The van der Waals surface area contributed by atoms with Gasteiger partial charge >= 0.3 is 6.03 Å². The van der Waals surface area contributed by atoms with E-state index in [1.165, 1.54) is 4.90 Å². The first-order valence-electron chi connectivity index (χ1n) is 6.04. The number of amidine groups is 1. The first kappa shape index (κ1) is 12.6. The summed E-state index contributed by atoms with van der Waals surface area (Å²) in [4.78, 5) is 15.0. The van der Waals surface area contributed by atoms with Crippen molar-refractivity contribution in [3.8, 4) is 0 Å². The van der Waals surface area contributed by atoms with Gasteiger partial charge in [-0.25, -0.2) is 9.69 Å². The highest BCUT2D eigenvalue weighted by atomic mass is 16.2. The topological polar surface area (TPSA) is 47.4 Å². The van der Waals surface area contributed by atoms with Crippen LogP contribution >= 0.6 is 0 Å². The summed E-state index contributed by atoms with van der Waals surface area (Å²) in [7, 11) is 1.71. The molecule has 1 aliphatic rings. The maximum atomic E-state index is 12.0. The lowest BCUT2D eigenvalue weighted by Gasteiger charge is -2.22. The zero-order valence-electron chi connectivity index (χ0n) is 11.3. The summed E-state index contributed by atoms with van der Waals surface area (Å²) in [5.74, 6) is 0.327. The molecule has 0 aromatic heterocycles. The van der Waals surface area contributed by atoms with Crippen molar-refractivity contribution >= 4 is 17.6 Å². The molecule has 1 saturated heterocycles. The van der Waals surface area contributed by atoms with Gasteiger partial charge in [-0.2, -0.15) is 0 Å². The van der Waals surface area contributed by atoms with Gasteiger partial charge in [0, 0.05) is 7.05 Å². The molecule has 0 aliphatic carbocycles. The molecule has 0 bridgehead atoms. The summed E-state index contributed by atoms with van der Waals surface area (Å²) >= 11 is 0. The zero-order chi connectivity index (χ0) is 13.5. The van der Waals surface area contributed by atoms with Gasteiger partial charge in [0.15, 0.2) is 0 Å². The summed E-state index contributed by atoms with van der Waals surface area (Å²) in [6.45, 7) is 6.78. The Morgan fingerprint density at radius 2 is 1.94 bits per heavy atom. The second-order valence-electron chi connectivity index (χ2n) is 5.72. The van der Waals surface area contributed by atoms with E-state index >= 15 is 0 Å². The highest BCUT2D eigenvalue weighted by molar-refractivity contribution is 6.20. The Morgan fingerprint density at radius 3 is 2.44 bits per heavy atom. The van der Waals surface area contributed by atoms with Gasteiger partial charge in [-0.3, -0.25) is 5.41 Å². The zero-order valence-corrected chi connectivity index (χ0v) is 11.3. The van der Waals surface area contributed by atoms with E-state index in [2.05, 4.69) is 26.8 Å². The fraction of sp³-hybridized carbons (Fsp3) is 0.429. The number of anilines is 1. The molecule has 1 aromatic carbocycles. The number of nitrogens with zero attached hydrogens (tertiary/aromatic N) is 2. The highest BCUT2D eigenvalue weighted by Gasteiger charge is 2.32. The summed E-state index contributed by atoms with van der Waals surface area (Å²) < 4.78 is 0. The fourth-order valence-corrected chi connectivity index (χ4v) is 2.03. The molecule has 96 valence electrons. The molecule has 0 unspecified atom stereocenters. The lowest BCUT2D eigenvalue weighted by atomic mass is 9.87. The molecule has 1 fully saturated rings. The van der Waals surface area contributed by atoms with Crippen molar-refractivity contribution in [2.75, 3.05) is 18.5 Å². The third-order valence-corrected chi connectivity index (χ3v) is 3.15. The lowest BCUT2D eigenvalue weighted by molar-refractivity contribution is 0.229. The maximum absolute atomic E-state index is 12.0. The standard InChI is InChI=1S/C14H19N3O/c1-14(2,3)10-6-5-7-11(8-10)17-12(15)9-16(4)13(17)18/h5-8,15H,9H2,1-4H3. The number of hydrogen-bond donors (Lipinski definition) is 1. The molecular formula is C14H19N3O. The molecule has 1 aromatic rings. The van der Waals surface area contributed by atoms with Crippen LogP contribution in [0.25, 0.3) is 0 Å². The number of nitrogens with one attached hydrogen (secondary N) is 1. The number of hydrogen-bond acceptors (Lipinski definition) is 2. The Labute approximate surface area is 108 Å². The van der Waals surface area contributed by atoms with Crippen molar-refractivity contribution in [1.82, 2.24) is 4.90 Å². The van der Waals surface area contributed by atoms with Crippen LogP contribution in [0.4, 0.5) is 10.5 Å². The Bertz CT molecular complexity index is 502. The fourth-order valence-electron chi connectivity index (χ4n) is 2.03. The van der Waals surface area contributed by atoms with Crippen molar-refractivity contribution in [2.45, 2.75) is 26.2 Å². The van der Waals surface area contributed by atoms with Gasteiger partial charge in [0.05, 0.1) is 12.2 Å². The highest BCUT2D eigenvalue weighted by Crippen LogP contribution is 2.28. The second kappa shape index (κ2) is 4.12. The average Bonchev–Trinajstić information content (AvgIpc) is 2.52. The third-order valence-electron chi connectivity index (χ3n) is 3.15. The smallest absolute Gasteiger partial charge is 0.320 e. The summed E-state index contributed by atoms with van der Waals surface area (Å²) in [6, 6.07) is 7.73. The van der Waals surface area contributed by atoms with E-state index in [0.717, 1.165) is 11.3 Å². The van der Waals surface area contributed by atoms with E-state index < -0.39 is 0 Å². The van der Waals surface area contributed by atoms with Gasteiger partial charge in [-0.05, 0) is 23.1 Å². The monoisotopic (exact) mass is 245 g/mol. The molecule has 1 N–H and O–H groups in total. The minimum Gasteiger partial charge on any atom is -0.320 e. The van der Waals surface area contributed by atoms with E-state index in [0.29, 0.717) is 12.4 Å². The molecule has 1 aliphatic heterocycles. The molecule has 0 spiro atoms. The van der Waals surface area contributed by atoms with Crippen LogP contribution in [0.3, 0.4) is 0 Å². The largest absolute Gasteiger partial charge is 0.330 e. The SMILES string of the molecule is CN1CC(=N)N(c2cccc(C(C)(C)C)c2)C1=O. The van der Waals surface area contributed by atoms with Gasteiger partial charge in [-0.1, -0.05) is 32.9 Å². The van der Waals surface area contributed by atoms with Crippen LogP contribution in [0.2, 0.25) is 0 Å². The molecule has 4 heteroatoms. The summed E-state index contributed by atoms with van der Waals surface area (Å²) in [5.41, 5.74) is 1.98. The molecule has 1 heterocycles. The van der Waals surface area contributed by atoms with Crippen LogP contribution < -0.4 is 4.90 Å². The Balaban J connectivity index is 2.41. The first-order valence-corrected chi connectivity index (χ1v) is 6.04. The number of benzene rings is 1. The number of carbonyl (C=O) groups excluding carboxylic acids is 1. The molecular weight excluding hydrogens is 226 g/mol. The summed E-state index contributed by atoms with van der Waals surface area (Å²) in [6.07, 6.45) is 0. The molecule has 18 heavy (non-hydrogen) atoms. The van der Waals surface area contributed by atoms with Gasteiger partial charge in [0.25, 0.3) is 0 Å². The van der Waals surface area contributed by atoms with E-state index in [1.807, 2.05) is 18.2 Å². The number of carbonyl (C=O) groups is 1. The van der Waals surface area contributed by atoms with Crippen molar-refractivity contribution in [2.24, 2.45) is 0 Å². The van der Waals surface area contributed by atoms with E-state index in [4.69, 9.17) is 5.41 Å². The van der Waals surface area contributed by atoms with Crippen LogP contribution in [0.1, 0.15) is 26.3 Å². The second-order valence-corrected chi connectivity index (χ2v) is 5.72. The van der Waals surface area contributed by atoms with Crippen LogP contribution in [0.15, 0.2) is 24.3 Å². The van der Waals surface area contributed by atoms with Crippen molar-refractivity contribution < 1.29 is 4.79 Å². The Hall–Kier alpha value is -1.84. The number of urea groups is 1. The van der Waals surface area contributed by atoms with Crippen LogP contribution in [-0.4, -0.2) is 30.4 Å². The molecule has 0 radical (unpaired) electrons. The van der Waals surface area contributed by atoms with Crippen LogP contribution in [-0.2, 0) is 5.41 Å². The van der Waals surface area contributed by atoms with Crippen LogP contribution in [0.5, 0.6) is 0 Å². The lowest BCUT2D eigenvalue weighted by Crippen LogP contribution is -2.31. The molecule has 0 atom stereocenters. The van der Waals surface area contributed by atoms with Gasteiger partial charge in [0.2, 0.25) is 0 Å². The quantitative estimate of drug-likeness (QED) is 0.812. The van der Waals surface area contributed by atoms with Crippen molar-refractivity contribution in [3.63, 3.8) is 0 Å². The predicted molar refractivity (Wildman–Crippen MR) is 73.4 cm³/mol. The maximum Gasteiger partial charge on any atom is 0.330 e. The number of likely N-dealkylation sites (N-methyl/N-ethyl adjacent to an activating group) is 1. The minimum absolute atomic E-state index is 0.0346. The predicted octanol–water partition coefficient (Wildman–Crippen LogP) is 2.83.